The average Bonchev–Trinajstić information content (AvgIpc) is 3.45. The van der Waals surface area contributed by atoms with Crippen LogP contribution in [0.25, 0.3) is 0 Å². The number of hydrogen-bond acceptors (Lipinski definition) is 2. The smallest absolute Gasteiger partial charge is 0.427 e. The number of rotatable bonds is 6. The van der Waals surface area contributed by atoms with E-state index >= 15 is 0 Å². The van der Waals surface area contributed by atoms with Gasteiger partial charge in [-0.1, -0.05) is 31.5 Å². The van der Waals surface area contributed by atoms with Crippen LogP contribution in [-0.2, 0) is 29.6 Å². The fourth-order valence-electron chi connectivity index (χ4n) is 3.50. The van der Waals surface area contributed by atoms with Crippen molar-refractivity contribution in [1.29, 1.82) is 0 Å². The first-order valence-corrected chi connectivity index (χ1v) is 9.35. The Hall–Kier alpha value is -2.36. The van der Waals surface area contributed by atoms with Gasteiger partial charge in [-0.05, 0) is 42.2 Å². The molecular weight excluding hydrogens is 436 g/mol. The van der Waals surface area contributed by atoms with Gasteiger partial charge in [-0.25, -0.2) is 0 Å². The molecule has 31 heavy (non-hydrogen) atoms. The van der Waals surface area contributed by atoms with E-state index in [-0.39, 0.29) is 6.61 Å². The van der Waals surface area contributed by atoms with E-state index in [0.29, 0.717) is 12.5 Å². The SMILES string of the molecule is CCCc1ccc(OC(F)(F)c2c(C)cc(C3CO3)c(C(F)(F)F)c2C(F)(F)F)cc1. The van der Waals surface area contributed by atoms with Gasteiger partial charge in [0.2, 0.25) is 0 Å². The second kappa shape index (κ2) is 7.96. The number of aryl methyl sites for hydroxylation is 2. The molecule has 0 aliphatic carbocycles. The van der Waals surface area contributed by atoms with Crippen molar-refractivity contribution >= 4 is 0 Å². The summed E-state index contributed by atoms with van der Waals surface area (Å²) in [5, 5.41) is 0. The summed E-state index contributed by atoms with van der Waals surface area (Å²) in [6, 6.07) is 5.85. The lowest BCUT2D eigenvalue weighted by molar-refractivity contribution is -0.198. The van der Waals surface area contributed by atoms with E-state index in [1.807, 2.05) is 6.92 Å². The molecule has 0 amide bonds. The number of ether oxygens (including phenoxy) is 2. The Balaban J connectivity index is 2.16. The van der Waals surface area contributed by atoms with Gasteiger partial charge in [0.1, 0.15) is 11.9 Å². The summed E-state index contributed by atoms with van der Waals surface area (Å²) in [5.41, 5.74) is -7.21. The zero-order valence-electron chi connectivity index (χ0n) is 16.4. The molecular formula is C21H18F8O2. The number of halogens is 8. The first-order valence-electron chi connectivity index (χ1n) is 9.35. The maximum atomic E-state index is 14.9. The van der Waals surface area contributed by atoms with Crippen LogP contribution in [0, 0.1) is 6.92 Å². The lowest BCUT2D eigenvalue weighted by Crippen LogP contribution is -2.31. The Labute approximate surface area is 172 Å². The second-order valence-electron chi connectivity index (χ2n) is 7.24. The summed E-state index contributed by atoms with van der Waals surface area (Å²) in [4.78, 5) is 0. The zero-order valence-corrected chi connectivity index (χ0v) is 16.4. The molecule has 1 atom stereocenters. The average molecular weight is 454 g/mol. The first kappa shape index (κ1) is 23.3. The molecule has 0 radical (unpaired) electrons. The zero-order chi connectivity index (χ0) is 23.2. The van der Waals surface area contributed by atoms with Crippen molar-refractivity contribution in [2.24, 2.45) is 0 Å². The van der Waals surface area contributed by atoms with E-state index in [0.717, 1.165) is 31.0 Å². The summed E-state index contributed by atoms with van der Waals surface area (Å²) < 4.78 is 121. The minimum Gasteiger partial charge on any atom is -0.429 e. The van der Waals surface area contributed by atoms with Crippen LogP contribution >= 0.6 is 0 Å². The molecule has 2 nitrogen and oxygen atoms in total. The largest absolute Gasteiger partial charge is 0.429 e. The lowest BCUT2D eigenvalue weighted by atomic mass is 9.89. The third-order valence-electron chi connectivity index (χ3n) is 4.80. The van der Waals surface area contributed by atoms with Crippen molar-refractivity contribution in [2.45, 2.75) is 51.3 Å². The van der Waals surface area contributed by atoms with Gasteiger partial charge < -0.3 is 9.47 Å². The van der Waals surface area contributed by atoms with Crippen LogP contribution in [0.2, 0.25) is 0 Å². The molecule has 1 saturated heterocycles. The van der Waals surface area contributed by atoms with E-state index in [1.54, 1.807) is 0 Å². The number of epoxide rings is 1. The van der Waals surface area contributed by atoms with E-state index in [9.17, 15) is 35.1 Å². The highest BCUT2D eigenvalue weighted by Gasteiger charge is 2.54. The molecule has 170 valence electrons. The summed E-state index contributed by atoms with van der Waals surface area (Å²) in [7, 11) is 0. The van der Waals surface area contributed by atoms with Crippen LogP contribution in [0.15, 0.2) is 30.3 Å². The lowest BCUT2D eigenvalue weighted by Gasteiger charge is -2.28. The van der Waals surface area contributed by atoms with E-state index in [4.69, 9.17) is 4.74 Å². The second-order valence-corrected chi connectivity index (χ2v) is 7.24. The van der Waals surface area contributed by atoms with Gasteiger partial charge in [-0.15, -0.1) is 0 Å². The van der Waals surface area contributed by atoms with Crippen molar-refractivity contribution < 1.29 is 44.6 Å². The summed E-state index contributed by atoms with van der Waals surface area (Å²) in [5.74, 6) is -0.472. The van der Waals surface area contributed by atoms with Gasteiger partial charge >= 0.3 is 18.5 Å². The Morgan fingerprint density at radius 2 is 1.45 bits per heavy atom. The van der Waals surface area contributed by atoms with Gasteiger partial charge in [-0.3, -0.25) is 0 Å². The third kappa shape index (κ3) is 4.94. The first-order chi connectivity index (χ1) is 14.3. The van der Waals surface area contributed by atoms with Crippen LogP contribution in [-0.4, -0.2) is 6.61 Å². The third-order valence-corrected chi connectivity index (χ3v) is 4.80. The van der Waals surface area contributed by atoms with Gasteiger partial charge in [0.15, 0.2) is 0 Å². The van der Waals surface area contributed by atoms with Gasteiger partial charge in [0, 0.05) is 0 Å². The van der Waals surface area contributed by atoms with Crippen molar-refractivity contribution in [3.63, 3.8) is 0 Å². The topological polar surface area (TPSA) is 21.8 Å². The Kier molecular flexibility index (Phi) is 5.98. The van der Waals surface area contributed by atoms with Gasteiger partial charge in [0.25, 0.3) is 0 Å². The molecule has 1 aliphatic rings. The standard InChI is InChI=1S/C21H18F8O2/c1-3-4-12-5-7-13(8-6-12)31-21(28,29)16-11(2)9-14(15-10-30-15)17(19(22,23)24)18(16)20(25,26)27/h5-9,15H,3-4,10H2,1-2H3. The molecule has 2 aromatic rings. The number of benzene rings is 2. The predicted octanol–water partition coefficient (Wildman–Crippen LogP) is 7.18. The van der Waals surface area contributed by atoms with E-state index in [1.165, 1.54) is 12.1 Å². The van der Waals surface area contributed by atoms with Crippen molar-refractivity contribution in [2.75, 3.05) is 6.61 Å². The number of alkyl halides is 8. The molecule has 1 heterocycles. The van der Waals surface area contributed by atoms with Gasteiger partial charge in [-0.2, -0.15) is 35.1 Å². The molecule has 1 aliphatic heterocycles. The van der Waals surface area contributed by atoms with Crippen LogP contribution in [0.4, 0.5) is 35.1 Å². The van der Waals surface area contributed by atoms with Crippen molar-refractivity contribution in [1.82, 2.24) is 0 Å². The fraction of sp³-hybridized carbons (Fsp3) is 0.429. The summed E-state index contributed by atoms with van der Waals surface area (Å²) >= 11 is 0. The Bertz CT molecular complexity index is 942. The maximum absolute atomic E-state index is 14.9. The molecule has 0 bridgehead atoms. The van der Waals surface area contributed by atoms with E-state index < -0.39 is 58.1 Å². The molecule has 10 heteroatoms. The highest BCUT2D eigenvalue weighted by molar-refractivity contribution is 5.52. The monoisotopic (exact) mass is 454 g/mol. The number of hydrogen-bond donors (Lipinski definition) is 0. The highest BCUT2D eigenvalue weighted by Crippen LogP contribution is 2.51. The molecule has 0 saturated carbocycles. The molecule has 0 aromatic heterocycles. The van der Waals surface area contributed by atoms with Crippen molar-refractivity contribution in [3.05, 3.63) is 63.7 Å². The summed E-state index contributed by atoms with van der Waals surface area (Å²) in [6.45, 7) is 2.56. The molecule has 2 aromatic carbocycles. The van der Waals surface area contributed by atoms with Crippen LogP contribution in [0.1, 0.15) is 52.8 Å². The quantitative estimate of drug-likeness (QED) is 0.341. The minimum atomic E-state index is -5.71. The van der Waals surface area contributed by atoms with Gasteiger partial charge in [0.05, 0.1) is 23.3 Å². The van der Waals surface area contributed by atoms with Crippen LogP contribution < -0.4 is 4.74 Å². The molecule has 0 spiro atoms. The predicted molar refractivity (Wildman–Crippen MR) is 94.8 cm³/mol. The van der Waals surface area contributed by atoms with Crippen LogP contribution in [0.5, 0.6) is 5.75 Å². The fourth-order valence-corrected chi connectivity index (χ4v) is 3.50. The van der Waals surface area contributed by atoms with Crippen LogP contribution in [0.3, 0.4) is 0 Å². The highest BCUT2D eigenvalue weighted by atomic mass is 19.4. The van der Waals surface area contributed by atoms with E-state index in [2.05, 4.69) is 4.74 Å². The molecule has 0 N–H and O–H groups in total. The van der Waals surface area contributed by atoms with Crippen molar-refractivity contribution in [3.8, 4) is 5.75 Å². The molecule has 1 unspecified atom stereocenters. The minimum absolute atomic E-state index is 0.226. The Morgan fingerprint density at radius 1 is 0.903 bits per heavy atom. The maximum Gasteiger partial charge on any atom is 0.427 e. The molecule has 1 fully saturated rings. The Morgan fingerprint density at radius 3 is 1.90 bits per heavy atom. The normalized spacial score (nSPS) is 17.0. The summed E-state index contributed by atoms with van der Waals surface area (Å²) in [6.07, 6.45) is -15.7. The molecule has 3 rings (SSSR count).